The van der Waals surface area contributed by atoms with Gasteiger partial charge in [-0.25, -0.2) is 14.8 Å². The number of carbonyl (C=O) groups excluding carboxylic acids is 1. The molecule has 0 fully saturated rings. The van der Waals surface area contributed by atoms with Crippen LogP contribution in [0.15, 0.2) is 303 Å². The van der Waals surface area contributed by atoms with Crippen LogP contribution in [0.1, 0.15) is 15.9 Å². The average Bonchev–Trinajstić information content (AvgIpc) is 1.14. The van der Waals surface area contributed by atoms with E-state index in [1.54, 1.807) is 0 Å². The van der Waals surface area contributed by atoms with Crippen molar-refractivity contribution in [3.05, 3.63) is 314 Å². The summed E-state index contributed by atoms with van der Waals surface area (Å²) in [4.78, 5) is 29.4. The Morgan fingerprint density at radius 1 is 0.384 bits per heavy atom. The highest BCUT2D eigenvalue weighted by atomic mass is 16.5. The SMILES string of the molecule is O=C(OCc1ccccc1)c1ccc2c(c1)c1ccccc1n2-c1ccc(-c2nc(-c3ccccc3)cc(-c3ccccc3)n2)cc1-c1ccc(-c2ccc3c4c2N(c2ccccc2)c2ccccc2B4c2ccccc2N3c2ccccc2)cc1. The fourth-order valence-corrected chi connectivity index (χ4v) is 13.0. The van der Waals surface area contributed by atoms with E-state index >= 15 is 0 Å². The summed E-state index contributed by atoms with van der Waals surface area (Å²) in [6.45, 7) is 0.164. The molecule has 4 heterocycles. The molecule has 0 atom stereocenters. The molecule has 0 unspecified atom stereocenters. The van der Waals surface area contributed by atoms with Crippen molar-refractivity contribution >= 4 is 85.0 Å². The van der Waals surface area contributed by atoms with Crippen LogP contribution in [0.25, 0.3) is 83.6 Å². The minimum absolute atomic E-state index is 0.0240. The first-order valence-electron chi connectivity index (χ1n) is 29.1. The van der Waals surface area contributed by atoms with Crippen molar-refractivity contribution in [2.75, 3.05) is 9.80 Å². The summed E-state index contributed by atoms with van der Waals surface area (Å²) in [5.41, 5.74) is 23.8. The summed E-state index contributed by atoms with van der Waals surface area (Å²) in [7, 11) is 0. The predicted octanol–water partition coefficient (Wildman–Crippen LogP) is 17.3. The van der Waals surface area contributed by atoms with E-state index in [2.05, 4.69) is 239 Å². The summed E-state index contributed by atoms with van der Waals surface area (Å²) in [6.07, 6.45) is 0. The highest BCUT2D eigenvalue weighted by Crippen LogP contribution is 2.48. The van der Waals surface area contributed by atoms with Gasteiger partial charge in [-0.3, -0.25) is 0 Å². The summed E-state index contributed by atoms with van der Waals surface area (Å²) in [5.74, 6) is 0.244. The van der Waals surface area contributed by atoms with Crippen LogP contribution in [-0.4, -0.2) is 27.2 Å². The number of fused-ring (bicyclic) bond motifs is 7. The first-order chi connectivity index (χ1) is 42.6. The molecule has 14 aromatic rings. The molecule has 2 aliphatic rings. The van der Waals surface area contributed by atoms with Crippen LogP contribution in [0, 0.1) is 0 Å². The molecule has 0 spiro atoms. The lowest BCUT2D eigenvalue weighted by atomic mass is 9.33. The number of hydrogen-bond donors (Lipinski definition) is 0. The van der Waals surface area contributed by atoms with E-state index in [-0.39, 0.29) is 19.3 Å². The number of carbonyl (C=O) groups is 1. The lowest BCUT2D eigenvalue weighted by Gasteiger charge is -2.45. The molecule has 0 saturated heterocycles. The number of nitrogens with zero attached hydrogens (tertiary/aromatic N) is 5. The van der Waals surface area contributed by atoms with Gasteiger partial charge in [-0.05, 0) is 124 Å². The third-order valence-electron chi connectivity index (χ3n) is 16.9. The summed E-state index contributed by atoms with van der Waals surface area (Å²) >= 11 is 0. The molecule has 2 aliphatic heterocycles. The smallest absolute Gasteiger partial charge is 0.338 e. The van der Waals surface area contributed by atoms with Crippen LogP contribution in [0.2, 0.25) is 0 Å². The van der Waals surface area contributed by atoms with Crippen molar-refractivity contribution in [1.82, 2.24) is 14.5 Å². The normalized spacial score (nSPS) is 12.2. The van der Waals surface area contributed by atoms with E-state index in [1.807, 2.05) is 78.9 Å². The molecule has 0 amide bonds. The highest BCUT2D eigenvalue weighted by molar-refractivity contribution is 7.00. The molecule has 2 aromatic heterocycles. The zero-order valence-electron chi connectivity index (χ0n) is 46.7. The molecule has 86 heavy (non-hydrogen) atoms. The van der Waals surface area contributed by atoms with Crippen molar-refractivity contribution in [3.63, 3.8) is 0 Å². The minimum Gasteiger partial charge on any atom is -0.457 e. The maximum atomic E-state index is 13.8. The Bertz CT molecular complexity index is 4830. The van der Waals surface area contributed by atoms with Crippen LogP contribution in [-0.2, 0) is 11.3 Å². The van der Waals surface area contributed by atoms with Crippen LogP contribution in [0.4, 0.5) is 34.1 Å². The first-order valence-corrected chi connectivity index (χ1v) is 29.1. The molecule has 404 valence electrons. The van der Waals surface area contributed by atoms with Crippen molar-refractivity contribution in [2.24, 2.45) is 0 Å². The van der Waals surface area contributed by atoms with Crippen molar-refractivity contribution in [2.45, 2.75) is 6.61 Å². The largest absolute Gasteiger partial charge is 0.457 e. The second-order valence-corrected chi connectivity index (χ2v) is 21.9. The Morgan fingerprint density at radius 2 is 0.895 bits per heavy atom. The third kappa shape index (κ3) is 8.65. The Labute approximate surface area is 499 Å². The molecule has 0 saturated carbocycles. The molecule has 0 radical (unpaired) electrons. The van der Waals surface area contributed by atoms with E-state index < -0.39 is 0 Å². The van der Waals surface area contributed by atoms with Crippen LogP contribution >= 0.6 is 0 Å². The van der Waals surface area contributed by atoms with Gasteiger partial charge in [0.15, 0.2) is 5.82 Å². The number of ether oxygens (including phenoxy) is 1. The summed E-state index contributed by atoms with van der Waals surface area (Å²) in [5, 5.41) is 1.97. The Balaban J connectivity index is 0.892. The number of rotatable bonds is 11. The average molecular weight is 1100 g/mol. The number of benzene rings is 12. The molecule has 16 rings (SSSR count). The van der Waals surface area contributed by atoms with E-state index in [4.69, 9.17) is 14.7 Å². The van der Waals surface area contributed by atoms with Crippen LogP contribution in [0.3, 0.4) is 0 Å². The molecule has 8 heteroatoms. The van der Waals surface area contributed by atoms with Crippen molar-refractivity contribution in [1.29, 1.82) is 0 Å². The van der Waals surface area contributed by atoms with Crippen LogP contribution in [0.5, 0.6) is 0 Å². The van der Waals surface area contributed by atoms with Gasteiger partial charge in [0, 0.05) is 67.0 Å². The maximum absolute atomic E-state index is 13.8. The van der Waals surface area contributed by atoms with Gasteiger partial charge in [0.2, 0.25) is 0 Å². The standard InChI is InChI=1S/C78H52BN5O2/c85-78(86-51-52-22-6-1-7-23-52)58-43-46-71-64(49-58)62-32-16-19-35-69(62)84(71)70-45-42-57(77-80-67(55-24-8-2-9-25-55)50-68(81-77)56-26-10-3-11-27-56)48-63(70)54-40-38-53(39-41-54)61-44-47-74-75-76(61)83(60-30-14-5-15-31-60)73-37-21-18-34-66(73)79(75)65-33-17-20-36-72(65)82(74)59-28-12-4-13-29-59/h1-50H,51H2. The van der Waals surface area contributed by atoms with Gasteiger partial charge in [0.1, 0.15) is 6.61 Å². The molecule has 0 bridgehead atoms. The molecular formula is C78H52BN5O2. The number of anilines is 6. The monoisotopic (exact) mass is 1100 g/mol. The lowest BCUT2D eigenvalue weighted by Crippen LogP contribution is -2.61. The molecule has 12 aromatic carbocycles. The highest BCUT2D eigenvalue weighted by Gasteiger charge is 2.44. The Kier molecular flexibility index (Phi) is 12.4. The van der Waals surface area contributed by atoms with Gasteiger partial charge in [0.05, 0.1) is 39.4 Å². The zero-order chi connectivity index (χ0) is 57.1. The molecule has 0 aliphatic carbocycles. The van der Waals surface area contributed by atoms with Gasteiger partial charge >= 0.3 is 5.97 Å². The predicted molar refractivity (Wildman–Crippen MR) is 353 cm³/mol. The maximum Gasteiger partial charge on any atom is 0.338 e. The second kappa shape index (κ2) is 21.1. The number of hydrogen-bond acceptors (Lipinski definition) is 6. The summed E-state index contributed by atoms with van der Waals surface area (Å²) in [6, 6.07) is 107. The number of para-hydroxylation sites is 5. The van der Waals surface area contributed by atoms with Gasteiger partial charge in [-0.1, -0.05) is 212 Å². The second-order valence-electron chi connectivity index (χ2n) is 21.9. The fraction of sp³-hybridized carbons (Fsp3) is 0.0128. The van der Waals surface area contributed by atoms with E-state index in [0.717, 1.165) is 112 Å². The van der Waals surface area contributed by atoms with E-state index in [1.165, 1.54) is 22.1 Å². The van der Waals surface area contributed by atoms with E-state index in [0.29, 0.717) is 11.4 Å². The topological polar surface area (TPSA) is 63.5 Å². The fourth-order valence-electron chi connectivity index (χ4n) is 13.0. The van der Waals surface area contributed by atoms with Gasteiger partial charge in [0.25, 0.3) is 6.71 Å². The van der Waals surface area contributed by atoms with Crippen molar-refractivity contribution < 1.29 is 9.53 Å². The number of aromatic nitrogens is 3. The van der Waals surface area contributed by atoms with Gasteiger partial charge in [-0.2, -0.15) is 0 Å². The Morgan fingerprint density at radius 3 is 1.55 bits per heavy atom. The summed E-state index contributed by atoms with van der Waals surface area (Å²) < 4.78 is 8.21. The quantitative estimate of drug-likeness (QED) is 0.0950. The zero-order valence-corrected chi connectivity index (χ0v) is 46.7. The van der Waals surface area contributed by atoms with Crippen molar-refractivity contribution in [3.8, 4) is 61.8 Å². The third-order valence-corrected chi connectivity index (χ3v) is 16.9. The van der Waals surface area contributed by atoms with E-state index in [9.17, 15) is 4.79 Å². The van der Waals surface area contributed by atoms with Gasteiger partial charge in [-0.15, -0.1) is 0 Å². The lowest BCUT2D eigenvalue weighted by molar-refractivity contribution is 0.0473. The Hall–Kier alpha value is -11.3. The van der Waals surface area contributed by atoms with Crippen LogP contribution < -0.4 is 26.2 Å². The first kappa shape index (κ1) is 50.4. The number of esters is 1. The van der Waals surface area contributed by atoms with Gasteiger partial charge < -0.3 is 19.1 Å². The minimum atomic E-state index is -0.372. The molecule has 0 N–H and O–H groups in total. The molecule has 7 nitrogen and oxygen atoms in total. The molecular weight excluding hydrogens is 1050 g/mol.